The number of ketones is 1. The third-order valence-corrected chi connectivity index (χ3v) is 6.20. The molecule has 5 nitrogen and oxygen atoms in total. The van der Waals surface area contributed by atoms with Crippen LogP contribution in [0.25, 0.3) is 11.0 Å². The first-order chi connectivity index (χ1) is 16.4. The second-order valence-corrected chi connectivity index (χ2v) is 8.47. The van der Waals surface area contributed by atoms with E-state index in [1.165, 1.54) is 35.2 Å². The molecule has 0 radical (unpaired) electrons. The first-order valence-electron chi connectivity index (χ1n) is 10.7. The van der Waals surface area contributed by atoms with Crippen LogP contribution in [0.1, 0.15) is 34.6 Å². The minimum Gasteiger partial charge on any atom is -0.503 e. The van der Waals surface area contributed by atoms with Crippen molar-refractivity contribution in [3.8, 4) is 0 Å². The van der Waals surface area contributed by atoms with E-state index in [0.717, 1.165) is 12.0 Å². The van der Waals surface area contributed by atoms with Crippen LogP contribution in [-0.4, -0.2) is 16.8 Å². The van der Waals surface area contributed by atoms with Gasteiger partial charge in [-0.05, 0) is 66.1 Å². The Morgan fingerprint density at radius 3 is 2.44 bits per heavy atom. The molecule has 0 spiro atoms. The molecular formula is C27H19ClFNO4. The molecule has 3 aromatic carbocycles. The number of furan rings is 1. The maximum Gasteiger partial charge on any atom is 0.294 e. The molecule has 7 heteroatoms. The number of aliphatic hydroxyl groups excluding tert-OH is 1. The number of rotatable bonds is 5. The third-order valence-electron chi connectivity index (χ3n) is 5.96. The van der Waals surface area contributed by atoms with Crippen LogP contribution in [0.5, 0.6) is 0 Å². The fraction of sp³-hybridized carbons (Fsp3) is 0.111. The van der Waals surface area contributed by atoms with Gasteiger partial charge in [0.1, 0.15) is 11.4 Å². The van der Waals surface area contributed by atoms with E-state index in [4.69, 9.17) is 16.0 Å². The summed E-state index contributed by atoms with van der Waals surface area (Å²) in [4.78, 5) is 28.1. The van der Waals surface area contributed by atoms with E-state index in [1.54, 1.807) is 30.3 Å². The molecule has 1 aliphatic heterocycles. The highest BCUT2D eigenvalue weighted by atomic mass is 35.5. The molecule has 4 aromatic rings. The lowest BCUT2D eigenvalue weighted by Crippen LogP contribution is -2.31. The molecule has 0 bridgehead atoms. The van der Waals surface area contributed by atoms with Gasteiger partial charge in [-0.15, -0.1) is 0 Å². The zero-order chi connectivity index (χ0) is 24.0. The van der Waals surface area contributed by atoms with Gasteiger partial charge in [0, 0.05) is 16.1 Å². The Labute approximate surface area is 199 Å². The lowest BCUT2D eigenvalue weighted by Gasteiger charge is -2.27. The summed E-state index contributed by atoms with van der Waals surface area (Å²) in [5, 5.41) is 12.0. The number of carbonyl (C=O) groups excluding carboxylic acids is 2. The summed E-state index contributed by atoms with van der Waals surface area (Å²) in [6.07, 6.45) is 0.818. The van der Waals surface area contributed by atoms with Crippen LogP contribution in [0.4, 0.5) is 10.1 Å². The first kappa shape index (κ1) is 21.9. The van der Waals surface area contributed by atoms with Crippen molar-refractivity contribution >= 4 is 39.9 Å². The number of hydrogen-bond donors (Lipinski definition) is 1. The normalized spacial score (nSPS) is 16.0. The van der Waals surface area contributed by atoms with Crippen LogP contribution in [-0.2, 0) is 11.2 Å². The van der Waals surface area contributed by atoms with E-state index in [2.05, 4.69) is 0 Å². The summed E-state index contributed by atoms with van der Waals surface area (Å²) in [5.41, 5.74) is 2.36. The SMILES string of the molecule is CCc1ccc(N2C(=O)C(O)=C(C(=O)c3cc4cc(Cl)ccc4o3)C2c2ccc(F)cc2)cc1. The number of fused-ring (bicyclic) bond motifs is 1. The molecular weight excluding hydrogens is 457 g/mol. The third kappa shape index (κ3) is 3.66. The summed E-state index contributed by atoms with van der Waals surface area (Å²) in [6.45, 7) is 2.02. The van der Waals surface area contributed by atoms with Crippen LogP contribution in [0, 0.1) is 5.82 Å². The number of amides is 1. The largest absolute Gasteiger partial charge is 0.503 e. The first-order valence-corrected chi connectivity index (χ1v) is 11.1. The Morgan fingerprint density at radius 1 is 1.06 bits per heavy atom. The molecule has 1 N–H and O–H groups in total. The van der Waals surface area contributed by atoms with Gasteiger partial charge < -0.3 is 9.52 Å². The van der Waals surface area contributed by atoms with E-state index >= 15 is 0 Å². The molecule has 0 saturated carbocycles. The topological polar surface area (TPSA) is 70.8 Å². The Balaban J connectivity index is 1.64. The van der Waals surface area contributed by atoms with Gasteiger partial charge in [0.25, 0.3) is 5.91 Å². The molecule has 1 unspecified atom stereocenters. The summed E-state index contributed by atoms with van der Waals surface area (Å²) in [5.74, 6) is -2.53. The maximum atomic E-state index is 13.7. The second kappa shape index (κ2) is 8.47. The smallest absolute Gasteiger partial charge is 0.294 e. The predicted octanol–water partition coefficient (Wildman–Crippen LogP) is 6.57. The molecule has 2 heterocycles. The number of aliphatic hydroxyl groups is 1. The quantitative estimate of drug-likeness (QED) is 0.331. The number of benzene rings is 3. The van der Waals surface area contributed by atoms with E-state index in [0.29, 0.717) is 27.2 Å². The van der Waals surface area contributed by atoms with E-state index in [1.807, 2.05) is 19.1 Å². The highest BCUT2D eigenvalue weighted by Crippen LogP contribution is 2.42. The van der Waals surface area contributed by atoms with Crippen LogP contribution in [0.15, 0.2) is 88.5 Å². The number of aryl methyl sites for hydroxylation is 1. The number of anilines is 1. The second-order valence-electron chi connectivity index (χ2n) is 8.03. The molecule has 34 heavy (non-hydrogen) atoms. The average Bonchev–Trinajstić information content (AvgIpc) is 3.38. The van der Waals surface area contributed by atoms with Gasteiger partial charge in [0.2, 0.25) is 5.78 Å². The van der Waals surface area contributed by atoms with Crippen molar-refractivity contribution in [1.82, 2.24) is 0 Å². The van der Waals surface area contributed by atoms with Crippen LogP contribution in [0.3, 0.4) is 0 Å². The molecule has 1 aliphatic rings. The zero-order valence-electron chi connectivity index (χ0n) is 18.1. The molecule has 0 fully saturated rings. The van der Waals surface area contributed by atoms with Crippen molar-refractivity contribution in [2.24, 2.45) is 0 Å². The minimum absolute atomic E-state index is 0.0399. The predicted molar refractivity (Wildman–Crippen MR) is 128 cm³/mol. The zero-order valence-corrected chi connectivity index (χ0v) is 18.8. The molecule has 1 aromatic heterocycles. The fourth-order valence-electron chi connectivity index (χ4n) is 4.22. The van der Waals surface area contributed by atoms with Crippen molar-refractivity contribution in [3.63, 3.8) is 0 Å². The number of carbonyl (C=O) groups is 2. The van der Waals surface area contributed by atoms with Crippen molar-refractivity contribution < 1.29 is 23.5 Å². The van der Waals surface area contributed by atoms with E-state index in [-0.39, 0.29) is 11.3 Å². The number of halogens is 2. The van der Waals surface area contributed by atoms with Crippen molar-refractivity contribution in [2.45, 2.75) is 19.4 Å². The molecule has 0 saturated heterocycles. The Morgan fingerprint density at radius 2 is 1.76 bits per heavy atom. The summed E-state index contributed by atoms with van der Waals surface area (Å²) >= 11 is 6.04. The molecule has 170 valence electrons. The minimum atomic E-state index is -0.968. The molecule has 1 amide bonds. The van der Waals surface area contributed by atoms with E-state index in [9.17, 15) is 19.1 Å². The van der Waals surface area contributed by atoms with Crippen LogP contribution in [0.2, 0.25) is 5.02 Å². The number of nitrogens with zero attached hydrogens (tertiary/aromatic N) is 1. The fourth-order valence-corrected chi connectivity index (χ4v) is 4.40. The summed E-state index contributed by atoms with van der Waals surface area (Å²) in [6, 6.07) is 18.3. The molecule has 1 atom stereocenters. The van der Waals surface area contributed by atoms with Gasteiger partial charge in [-0.2, -0.15) is 0 Å². The lowest BCUT2D eigenvalue weighted by atomic mass is 9.94. The summed E-state index contributed by atoms with van der Waals surface area (Å²) < 4.78 is 19.4. The highest BCUT2D eigenvalue weighted by Gasteiger charge is 2.45. The molecule has 5 rings (SSSR count). The van der Waals surface area contributed by atoms with E-state index < -0.39 is 29.3 Å². The Bertz CT molecular complexity index is 1450. The Kier molecular flexibility index (Phi) is 5.46. The van der Waals surface area contributed by atoms with Gasteiger partial charge in [-0.1, -0.05) is 42.8 Å². The Hall–Kier alpha value is -3.90. The van der Waals surface area contributed by atoms with Crippen molar-refractivity contribution in [1.29, 1.82) is 0 Å². The number of Topliss-reactive ketones (excluding diaryl/α,β-unsaturated/α-hetero) is 1. The highest BCUT2D eigenvalue weighted by molar-refractivity contribution is 6.31. The van der Waals surface area contributed by atoms with Gasteiger partial charge in [-0.3, -0.25) is 14.5 Å². The van der Waals surface area contributed by atoms with Gasteiger partial charge in [0.15, 0.2) is 11.5 Å². The lowest BCUT2D eigenvalue weighted by molar-refractivity contribution is -0.117. The summed E-state index contributed by atoms with van der Waals surface area (Å²) in [7, 11) is 0. The van der Waals surface area contributed by atoms with Gasteiger partial charge >= 0.3 is 0 Å². The standard InChI is InChI=1S/C27H19ClFNO4/c1-2-15-3-10-20(11-4-15)30-24(16-5-8-19(29)9-6-16)23(26(32)27(30)33)25(31)22-14-17-13-18(28)7-12-21(17)34-22/h3-14,24,32H,2H2,1H3. The van der Waals surface area contributed by atoms with Crippen molar-refractivity contribution in [2.75, 3.05) is 4.90 Å². The van der Waals surface area contributed by atoms with Crippen LogP contribution >= 0.6 is 11.6 Å². The maximum absolute atomic E-state index is 13.7. The number of hydrogen-bond acceptors (Lipinski definition) is 4. The monoisotopic (exact) mass is 475 g/mol. The van der Waals surface area contributed by atoms with Gasteiger partial charge in [0.05, 0.1) is 11.6 Å². The van der Waals surface area contributed by atoms with Crippen molar-refractivity contribution in [3.05, 3.63) is 112 Å². The molecule has 0 aliphatic carbocycles. The average molecular weight is 476 g/mol. The van der Waals surface area contributed by atoms with Gasteiger partial charge in [-0.25, -0.2) is 4.39 Å². The van der Waals surface area contributed by atoms with Crippen LogP contribution < -0.4 is 4.90 Å².